The molecule has 0 bridgehead atoms. The van der Waals surface area contributed by atoms with Crippen LogP contribution in [0.2, 0.25) is 0 Å². The van der Waals surface area contributed by atoms with Gasteiger partial charge in [-0.2, -0.15) is 0 Å². The van der Waals surface area contributed by atoms with Crippen molar-refractivity contribution in [1.29, 1.82) is 0 Å². The number of esters is 1. The normalized spacial score (nSPS) is 13.4. The van der Waals surface area contributed by atoms with Gasteiger partial charge in [0, 0.05) is 0 Å². The maximum Gasteiger partial charge on any atom is 0.314 e. The maximum atomic E-state index is 11.9. The lowest BCUT2D eigenvalue weighted by molar-refractivity contribution is -0.146. The van der Waals surface area contributed by atoms with Crippen LogP contribution in [0.5, 0.6) is 0 Å². The second kappa shape index (κ2) is 9.28. The van der Waals surface area contributed by atoms with Crippen LogP contribution in [-0.4, -0.2) is 18.0 Å². The first-order chi connectivity index (χ1) is 9.54. The zero-order chi connectivity index (χ0) is 15.0. The second-order valence-corrected chi connectivity index (χ2v) is 5.84. The summed E-state index contributed by atoms with van der Waals surface area (Å²) in [5, 5.41) is -0.415. The summed E-state index contributed by atoms with van der Waals surface area (Å²) in [5.41, 5.74) is 1.17. The smallest absolute Gasteiger partial charge is 0.314 e. The molecule has 1 aromatic carbocycles. The van der Waals surface area contributed by atoms with E-state index in [1.165, 1.54) is 11.6 Å². The van der Waals surface area contributed by atoms with E-state index >= 15 is 0 Å². The molecular weight excluding hydrogens is 319 g/mol. The third kappa shape index (κ3) is 6.17. The van der Waals surface area contributed by atoms with Gasteiger partial charge in [-0.1, -0.05) is 53.5 Å². The fourth-order valence-electron chi connectivity index (χ4n) is 1.82. The van der Waals surface area contributed by atoms with Gasteiger partial charge in [-0.15, -0.1) is 11.6 Å². The Kier molecular flexibility index (Phi) is 8.05. The quantitative estimate of drug-likeness (QED) is 0.532. The van der Waals surface area contributed by atoms with Gasteiger partial charge in [-0.05, 0) is 31.4 Å². The molecule has 0 N–H and O–H groups in total. The molecule has 1 rings (SSSR count). The standard InChI is InChI=1S/C15H17Cl3O2/c1-2-20-15(19)12(10-14(17)18)13(16)9-8-11-6-4-3-5-7-11/h3-7,10,12-13H,2,8-9H2,1H3/t12-,13+/m1/s1. The average molecular weight is 336 g/mol. The molecule has 0 amide bonds. The van der Waals surface area contributed by atoms with Gasteiger partial charge in [0.25, 0.3) is 0 Å². The van der Waals surface area contributed by atoms with Gasteiger partial charge in [0.2, 0.25) is 0 Å². The Morgan fingerprint density at radius 1 is 1.30 bits per heavy atom. The molecule has 2 atom stereocenters. The molecule has 0 spiro atoms. The highest BCUT2D eigenvalue weighted by Crippen LogP contribution is 2.23. The van der Waals surface area contributed by atoms with Gasteiger partial charge in [0.1, 0.15) is 4.49 Å². The van der Waals surface area contributed by atoms with Crippen molar-refractivity contribution in [2.75, 3.05) is 6.61 Å². The van der Waals surface area contributed by atoms with Crippen LogP contribution in [0.3, 0.4) is 0 Å². The lowest BCUT2D eigenvalue weighted by Gasteiger charge is -2.17. The van der Waals surface area contributed by atoms with Gasteiger partial charge in [-0.3, -0.25) is 4.79 Å². The van der Waals surface area contributed by atoms with Gasteiger partial charge in [-0.25, -0.2) is 0 Å². The number of carbonyl (C=O) groups is 1. The highest BCUT2D eigenvalue weighted by Gasteiger charge is 2.26. The molecule has 110 valence electrons. The first kappa shape index (κ1) is 17.4. The number of halogens is 3. The van der Waals surface area contributed by atoms with Crippen molar-refractivity contribution in [3.05, 3.63) is 46.5 Å². The van der Waals surface area contributed by atoms with Crippen molar-refractivity contribution < 1.29 is 9.53 Å². The summed E-state index contributed by atoms with van der Waals surface area (Å²) in [7, 11) is 0. The topological polar surface area (TPSA) is 26.3 Å². The molecule has 20 heavy (non-hydrogen) atoms. The molecule has 0 fully saturated rings. The SMILES string of the molecule is CCOC(=O)[C@H](C=C(Cl)Cl)[C@@H](Cl)CCc1ccccc1. The number of aryl methyl sites for hydroxylation is 1. The van der Waals surface area contributed by atoms with Gasteiger partial charge >= 0.3 is 5.97 Å². The lowest BCUT2D eigenvalue weighted by atomic mass is 9.99. The van der Waals surface area contributed by atoms with Gasteiger partial charge in [0.15, 0.2) is 0 Å². The molecule has 5 heteroatoms. The fraction of sp³-hybridized carbons (Fsp3) is 0.400. The van der Waals surface area contributed by atoms with Crippen molar-refractivity contribution in [1.82, 2.24) is 0 Å². The van der Waals surface area contributed by atoms with Crippen LogP contribution in [0.1, 0.15) is 18.9 Å². The van der Waals surface area contributed by atoms with Crippen LogP contribution in [0.15, 0.2) is 40.9 Å². The van der Waals surface area contributed by atoms with E-state index < -0.39 is 17.3 Å². The van der Waals surface area contributed by atoms with E-state index in [-0.39, 0.29) is 4.49 Å². The van der Waals surface area contributed by atoms with Crippen LogP contribution in [0.4, 0.5) is 0 Å². The Morgan fingerprint density at radius 2 is 1.95 bits per heavy atom. The van der Waals surface area contributed by atoms with Crippen molar-refractivity contribution in [2.24, 2.45) is 5.92 Å². The summed E-state index contributed by atoms with van der Waals surface area (Å²) < 4.78 is 5.01. The number of carbonyl (C=O) groups excluding carboxylic acids is 1. The summed E-state index contributed by atoms with van der Waals surface area (Å²) in [6.07, 6.45) is 2.84. The molecule has 0 saturated carbocycles. The van der Waals surface area contributed by atoms with Crippen molar-refractivity contribution in [3.8, 4) is 0 Å². The minimum absolute atomic E-state index is 0.0217. The summed E-state index contributed by atoms with van der Waals surface area (Å²) in [6, 6.07) is 9.94. The zero-order valence-electron chi connectivity index (χ0n) is 11.2. The minimum atomic E-state index is -0.634. The number of hydrogen-bond donors (Lipinski definition) is 0. The molecule has 0 radical (unpaired) electrons. The first-order valence-corrected chi connectivity index (χ1v) is 7.61. The molecule has 0 aliphatic carbocycles. The average Bonchev–Trinajstić information content (AvgIpc) is 2.43. The molecule has 0 unspecified atom stereocenters. The largest absolute Gasteiger partial charge is 0.465 e. The second-order valence-electron chi connectivity index (χ2n) is 4.27. The van der Waals surface area contributed by atoms with Crippen LogP contribution >= 0.6 is 34.8 Å². The molecule has 0 saturated heterocycles. The van der Waals surface area contributed by atoms with Gasteiger partial charge in [0.05, 0.1) is 17.9 Å². The molecule has 1 aromatic rings. The molecular formula is C15H17Cl3O2. The Hall–Kier alpha value is -0.700. The van der Waals surface area contributed by atoms with E-state index in [0.29, 0.717) is 13.0 Å². The molecule has 0 aromatic heterocycles. The summed E-state index contributed by atoms with van der Waals surface area (Å²) in [6.45, 7) is 2.04. The number of alkyl halides is 1. The molecule has 0 aliphatic rings. The van der Waals surface area contributed by atoms with E-state index in [9.17, 15) is 4.79 Å². The minimum Gasteiger partial charge on any atom is -0.465 e. The Balaban J connectivity index is 2.65. The fourth-order valence-corrected chi connectivity index (χ4v) is 2.38. The van der Waals surface area contributed by atoms with Crippen molar-refractivity contribution in [2.45, 2.75) is 25.1 Å². The van der Waals surface area contributed by atoms with Crippen LogP contribution in [-0.2, 0) is 16.0 Å². The van der Waals surface area contributed by atoms with Crippen LogP contribution in [0, 0.1) is 5.92 Å². The molecule has 2 nitrogen and oxygen atoms in total. The third-order valence-corrected chi connectivity index (χ3v) is 3.55. The first-order valence-electron chi connectivity index (χ1n) is 6.42. The highest BCUT2D eigenvalue weighted by molar-refractivity contribution is 6.56. The van der Waals surface area contributed by atoms with E-state index in [1.807, 2.05) is 30.3 Å². The monoisotopic (exact) mass is 334 g/mol. The van der Waals surface area contributed by atoms with Crippen LogP contribution in [0.25, 0.3) is 0 Å². The van der Waals surface area contributed by atoms with Gasteiger partial charge < -0.3 is 4.74 Å². The highest BCUT2D eigenvalue weighted by atomic mass is 35.5. The summed E-state index contributed by atoms with van der Waals surface area (Å²) in [5.74, 6) is -1.04. The zero-order valence-corrected chi connectivity index (χ0v) is 13.5. The molecule has 0 aliphatic heterocycles. The predicted octanol–water partition coefficient (Wildman–Crippen LogP) is 4.72. The van der Waals surface area contributed by atoms with E-state index in [0.717, 1.165) is 6.42 Å². The predicted molar refractivity (Wildman–Crippen MR) is 84.3 cm³/mol. The van der Waals surface area contributed by atoms with E-state index in [4.69, 9.17) is 39.5 Å². The van der Waals surface area contributed by atoms with E-state index in [1.54, 1.807) is 6.92 Å². The summed E-state index contributed by atoms with van der Waals surface area (Å²) in [4.78, 5) is 11.9. The van der Waals surface area contributed by atoms with E-state index in [2.05, 4.69) is 0 Å². The Bertz CT molecular complexity index is 442. The number of benzene rings is 1. The maximum absolute atomic E-state index is 11.9. The Labute approximate surface area is 134 Å². The summed E-state index contributed by atoms with van der Waals surface area (Å²) >= 11 is 17.6. The van der Waals surface area contributed by atoms with Crippen molar-refractivity contribution >= 4 is 40.8 Å². The van der Waals surface area contributed by atoms with Crippen molar-refractivity contribution in [3.63, 3.8) is 0 Å². The number of ether oxygens (including phenoxy) is 1. The number of rotatable bonds is 7. The molecule has 0 heterocycles. The number of hydrogen-bond acceptors (Lipinski definition) is 2. The van der Waals surface area contributed by atoms with Crippen LogP contribution < -0.4 is 0 Å². The third-order valence-electron chi connectivity index (χ3n) is 2.81. The Morgan fingerprint density at radius 3 is 2.50 bits per heavy atom. The lowest BCUT2D eigenvalue weighted by Crippen LogP contribution is -2.25.